The SMILES string of the molecule is COc1ccc2nccc(C(O)CC[C@@H]3CCN(CCSc4sccc4C)C[C@@H]3C(=O)O)c2c1. The summed E-state index contributed by atoms with van der Waals surface area (Å²) in [5, 5.41) is 23.9. The zero-order valence-corrected chi connectivity index (χ0v) is 21.3. The first-order chi connectivity index (χ1) is 16.5. The molecule has 1 fully saturated rings. The number of carboxylic acids is 1. The lowest BCUT2D eigenvalue weighted by molar-refractivity contribution is -0.146. The molecular weight excluding hydrogens is 468 g/mol. The number of aliphatic carboxylic acids is 1. The monoisotopic (exact) mass is 500 g/mol. The van der Waals surface area contributed by atoms with Crippen molar-refractivity contribution in [3.8, 4) is 5.75 Å². The first-order valence-corrected chi connectivity index (χ1v) is 13.6. The van der Waals surface area contributed by atoms with Crippen LogP contribution < -0.4 is 4.74 Å². The molecule has 1 aromatic carbocycles. The number of piperidine rings is 1. The molecule has 1 saturated heterocycles. The maximum absolute atomic E-state index is 12.1. The minimum Gasteiger partial charge on any atom is -0.497 e. The molecule has 4 rings (SSSR count). The average Bonchev–Trinajstić information content (AvgIpc) is 3.26. The lowest BCUT2D eigenvalue weighted by Gasteiger charge is -2.36. The van der Waals surface area contributed by atoms with Crippen molar-refractivity contribution in [1.82, 2.24) is 9.88 Å². The van der Waals surface area contributed by atoms with E-state index >= 15 is 0 Å². The van der Waals surface area contributed by atoms with E-state index in [0.29, 0.717) is 19.4 Å². The molecule has 6 nitrogen and oxygen atoms in total. The van der Waals surface area contributed by atoms with Gasteiger partial charge in [0.1, 0.15) is 5.75 Å². The molecule has 0 bridgehead atoms. The largest absolute Gasteiger partial charge is 0.497 e. The number of hydrogen-bond donors (Lipinski definition) is 2. The number of carbonyl (C=O) groups is 1. The molecular formula is C26H32N2O4S2. The van der Waals surface area contributed by atoms with Crippen molar-refractivity contribution < 1.29 is 19.7 Å². The van der Waals surface area contributed by atoms with Gasteiger partial charge in [0, 0.05) is 30.4 Å². The van der Waals surface area contributed by atoms with E-state index in [-0.39, 0.29) is 5.92 Å². The molecule has 0 spiro atoms. The van der Waals surface area contributed by atoms with Gasteiger partial charge in [-0.25, -0.2) is 0 Å². The van der Waals surface area contributed by atoms with Gasteiger partial charge in [0.15, 0.2) is 0 Å². The number of thioether (sulfide) groups is 1. The minimum atomic E-state index is -0.731. The van der Waals surface area contributed by atoms with E-state index in [2.05, 4.69) is 28.3 Å². The molecule has 0 amide bonds. The second kappa shape index (κ2) is 11.5. The maximum Gasteiger partial charge on any atom is 0.308 e. The van der Waals surface area contributed by atoms with E-state index in [4.69, 9.17) is 4.74 Å². The van der Waals surface area contributed by atoms with E-state index in [1.165, 1.54) is 9.77 Å². The van der Waals surface area contributed by atoms with Crippen LogP contribution in [0.1, 0.15) is 36.5 Å². The van der Waals surface area contributed by atoms with Crippen molar-refractivity contribution in [2.24, 2.45) is 11.8 Å². The van der Waals surface area contributed by atoms with Gasteiger partial charge in [0.05, 0.1) is 28.9 Å². The normalized spacial score (nSPS) is 19.9. The van der Waals surface area contributed by atoms with Gasteiger partial charge in [-0.2, -0.15) is 0 Å². The lowest BCUT2D eigenvalue weighted by atomic mass is 9.81. The molecule has 0 saturated carbocycles. The highest BCUT2D eigenvalue weighted by atomic mass is 32.2. The first kappa shape index (κ1) is 25.0. The first-order valence-electron chi connectivity index (χ1n) is 11.7. The molecule has 182 valence electrons. The van der Waals surface area contributed by atoms with Gasteiger partial charge in [0.2, 0.25) is 0 Å². The molecule has 1 aliphatic rings. The molecule has 0 aliphatic carbocycles. The van der Waals surface area contributed by atoms with Crippen molar-refractivity contribution in [1.29, 1.82) is 0 Å². The van der Waals surface area contributed by atoms with E-state index in [9.17, 15) is 15.0 Å². The van der Waals surface area contributed by atoms with Crippen LogP contribution >= 0.6 is 23.1 Å². The number of rotatable bonds is 10. The number of pyridine rings is 1. The zero-order chi connectivity index (χ0) is 24.1. The summed E-state index contributed by atoms with van der Waals surface area (Å²) in [5.41, 5.74) is 2.94. The summed E-state index contributed by atoms with van der Waals surface area (Å²) in [6.45, 7) is 4.51. The van der Waals surface area contributed by atoms with Crippen molar-refractivity contribution in [2.75, 3.05) is 32.5 Å². The molecule has 34 heavy (non-hydrogen) atoms. The van der Waals surface area contributed by atoms with Crippen molar-refractivity contribution in [2.45, 2.75) is 36.5 Å². The molecule has 3 heterocycles. The fraction of sp³-hybridized carbons (Fsp3) is 0.462. The summed E-state index contributed by atoms with van der Waals surface area (Å²) in [7, 11) is 1.62. The van der Waals surface area contributed by atoms with Crippen LogP contribution in [0.5, 0.6) is 5.75 Å². The van der Waals surface area contributed by atoms with Crippen LogP contribution in [-0.2, 0) is 4.79 Å². The Kier molecular flexibility index (Phi) is 8.47. The molecule has 1 aliphatic heterocycles. The van der Waals surface area contributed by atoms with Crippen LogP contribution in [-0.4, -0.2) is 58.6 Å². The average molecular weight is 501 g/mol. The third-order valence-corrected chi connectivity index (χ3v) is 9.19. The second-order valence-corrected chi connectivity index (χ2v) is 11.2. The van der Waals surface area contributed by atoms with Crippen LogP contribution in [0.3, 0.4) is 0 Å². The van der Waals surface area contributed by atoms with Gasteiger partial charge in [-0.3, -0.25) is 9.78 Å². The van der Waals surface area contributed by atoms with Gasteiger partial charge in [-0.15, -0.1) is 23.1 Å². The predicted octanol–water partition coefficient (Wildman–Crippen LogP) is 5.24. The number of ether oxygens (including phenoxy) is 1. The number of likely N-dealkylation sites (tertiary alicyclic amines) is 1. The summed E-state index contributed by atoms with van der Waals surface area (Å²) in [6.07, 6.45) is 3.09. The van der Waals surface area contributed by atoms with E-state index in [1.807, 2.05) is 36.0 Å². The summed E-state index contributed by atoms with van der Waals surface area (Å²) in [6, 6.07) is 9.62. The molecule has 1 unspecified atom stereocenters. The topological polar surface area (TPSA) is 82.9 Å². The highest BCUT2D eigenvalue weighted by molar-refractivity contribution is 8.01. The van der Waals surface area contributed by atoms with Crippen LogP contribution in [0.15, 0.2) is 46.1 Å². The van der Waals surface area contributed by atoms with Gasteiger partial charge in [-0.1, -0.05) is 0 Å². The summed E-state index contributed by atoms with van der Waals surface area (Å²) >= 11 is 3.62. The van der Waals surface area contributed by atoms with E-state index in [0.717, 1.165) is 47.5 Å². The number of benzene rings is 1. The highest BCUT2D eigenvalue weighted by Crippen LogP contribution is 2.34. The Morgan fingerprint density at radius 3 is 2.94 bits per heavy atom. The summed E-state index contributed by atoms with van der Waals surface area (Å²) in [4.78, 5) is 18.7. The number of fused-ring (bicyclic) bond motifs is 1. The Hall–Kier alpha value is -2.13. The number of aliphatic hydroxyl groups is 1. The lowest BCUT2D eigenvalue weighted by Crippen LogP contribution is -2.44. The number of nitrogens with zero attached hydrogens (tertiary/aromatic N) is 2. The van der Waals surface area contributed by atoms with Crippen molar-refractivity contribution >= 4 is 40.0 Å². The van der Waals surface area contributed by atoms with Crippen LogP contribution in [0.4, 0.5) is 0 Å². The highest BCUT2D eigenvalue weighted by Gasteiger charge is 2.34. The van der Waals surface area contributed by atoms with Gasteiger partial charge in [0.25, 0.3) is 0 Å². The summed E-state index contributed by atoms with van der Waals surface area (Å²) < 4.78 is 6.68. The quantitative estimate of drug-likeness (QED) is 0.368. The predicted molar refractivity (Wildman–Crippen MR) is 138 cm³/mol. The Morgan fingerprint density at radius 2 is 2.21 bits per heavy atom. The molecule has 2 aromatic heterocycles. The molecule has 0 radical (unpaired) electrons. The number of thiophene rings is 1. The molecule has 3 atom stereocenters. The Bertz CT molecular complexity index is 1120. The number of hydrogen-bond acceptors (Lipinski definition) is 7. The number of carboxylic acid groups (broad SMARTS) is 1. The Balaban J connectivity index is 1.34. The van der Waals surface area contributed by atoms with Gasteiger partial charge in [-0.05, 0) is 85.5 Å². The maximum atomic E-state index is 12.1. The number of aryl methyl sites for hydroxylation is 1. The fourth-order valence-electron chi connectivity index (χ4n) is 4.76. The van der Waals surface area contributed by atoms with E-state index in [1.54, 1.807) is 24.6 Å². The zero-order valence-electron chi connectivity index (χ0n) is 19.6. The van der Waals surface area contributed by atoms with Crippen molar-refractivity contribution in [3.05, 3.63) is 53.0 Å². The van der Waals surface area contributed by atoms with Crippen LogP contribution in [0.25, 0.3) is 10.9 Å². The number of methoxy groups -OCH3 is 1. The molecule has 2 N–H and O–H groups in total. The van der Waals surface area contributed by atoms with E-state index < -0.39 is 18.0 Å². The molecule has 3 aromatic rings. The summed E-state index contributed by atoms with van der Waals surface area (Å²) in [5.74, 6) is 0.627. The standard InChI is InChI=1S/C26H32N2O4S2/c1-17-9-13-33-26(17)34-14-12-28-11-8-18(22(16-28)25(30)31)3-6-24(29)20-7-10-27-23-5-4-19(32-2)15-21(20)23/h4-5,7,9-10,13,15,18,22,24,29H,3,6,8,11-12,14,16H2,1-2H3,(H,30,31)/t18-,22+,24?/m1/s1. The Labute approximate surface area is 209 Å². The van der Waals surface area contributed by atoms with Crippen LogP contribution in [0.2, 0.25) is 0 Å². The third-order valence-electron chi connectivity index (χ3n) is 6.77. The van der Waals surface area contributed by atoms with Gasteiger partial charge < -0.3 is 19.8 Å². The molecule has 8 heteroatoms. The van der Waals surface area contributed by atoms with Crippen LogP contribution in [0, 0.1) is 18.8 Å². The van der Waals surface area contributed by atoms with Crippen molar-refractivity contribution in [3.63, 3.8) is 0 Å². The van der Waals surface area contributed by atoms with Gasteiger partial charge >= 0.3 is 5.97 Å². The fourth-order valence-corrected chi connectivity index (χ4v) is 6.93. The third kappa shape index (κ3) is 5.92. The second-order valence-electron chi connectivity index (χ2n) is 8.91. The smallest absolute Gasteiger partial charge is 0.308 e. The Morgan fingerprint density at radius 1 is 1.35 bits per heavy atom. The number of aromatic nitrogens is 1. The number of aliphatic hydroxyl groups excluding tert-OH is 1. The minimum absolute atomic E-state index is 0.0678.